The maximum absolute atomic E-state index is 13.6. The number of nitrogens with zero attached hydrogens (tertiary/aromatic N) is 2. The second kappa shape index (κ2) is 14.2. The average Bonchev–Trinajstić information content (AvgIpc) is 3.19. The molecule has 262 valence electrons. The predicted octanol–water partition coefficient (Wildman–Crippen LogP) is 5.18. The summed E-state index contributed by atoms with van der Waals surface area (Å²) in [6, 6.07) is 10.6. The van der Waals surface area contributed by atoms with Crippen molar-refractivity contribution >= 4 is 33.2 Å². The van der Waals surface area contributed by atoms with Crippen molar-refractivity contribution in [1.82, 2.24) is 9.62 Å². The van der Waals surface area contributed by atoms with Crippen molar-refractivity contribution in [1.29, 1.82) is 0 Å². The molecule has 1 spiro atoms. The molecule has 48 heavy (non-hydrogen) atoms. The first-order valence-corrected chi connectivity index (χ1v) is 19.0. The highest BCUT2D eigenvalue weighted by molar-refractivity contribution is 7.90. The van der Waals surface area contributed by atoms with E-state index >= 15 is 0 Å². The van der Waals surface area contributed by atoms with Crippen LogP contribution in [0.4, 0.5) is 5.69 Å². The molecule has 0 radical (unpaired) electrons. The summed E-state index contributed by atoms with van der Waals surface area (Å²) in [4.78, 5) is 17.9. The number of ether oxygens (including phenoxy) is 4. The van der Waals surface area contributed by atoms with Crippen molar-refractivity contribution in [2.24, 2.45) is 11.8 Å². The van der Waals surface area contributed by atoms with Gasteiger partial charge in [-0.15, -0.1) is 0 Å². The molecule has 3 heterocycles. The third-order valence-corrected chi connectivity index (χ3v) is 12.1. The molecule has 1 amide bonds. The Kier molecular flexibility index (Phi) is 10.3. The summed E-state index contributed by atoms with van der Waals surface area (Å²) in [6.45, 7) is 13.2. The molecule has 0 unspecified atom stereocenters. The molecule has 2 aromatic rings. The lowest BCUT2D eigenvalue weighted by Crippen LogP contribution is -2.50. The van der Waals surface area contributed by atoms with Crippen molar-refractivity contribution in [3.8, 4) is 11.5 Å². The fraction of sp³-hybridized carbons (Fsp3) is 0.583. The minimum Gasteiger partial charge on any atom is -0.493 e. The molecule has 12 heteroatoms. The van der Waals surface area contributed by atoms with Crippen molar-refractivity contribution in [3.63, 3.8) is 0 Å². The monoisotopic (exact) mass is 701 g/mol. The molecule has 6 rings (SSSR count). The molecular weight excluding hydrogens is 654 g/mol. The van der Waals surface area contributed by atoms with E-state index < -0.39 is 26.9 Å². The van der Waals surface area contributed by atoms with Crippen LogP contribution in [-0.2, 0) is 29.7 Å². The number of rotatable bonds is 6. The number of hydrogen-bond acceptors (Lipinski definition) is 9. The van der Waals surface area contributed by atoms with Crippen LogP contribution in [0.3, 0.4) is 0 Å². The molecule has 1 N–H and O–H groups in total. The molecule has 1 fully saturated rings. The van der Waals surface area contributed by atoms with Crippen LogP contribution < -0.4 is 19.1 Å². The number of halogens is 1. The van der Waals surface area contributed by atoms with Gasteiger partial charge >= 0.3 is 0 Å². The van der Waals surface area contributed by atoms with E-state index in [4.69, 9.17) is 30.5 Å². The van der Waals surface area contributed by atoms with Crippen LogP contribution in [0.1, 0.15) is 52.5 Å². The van der Waals surface area contributed by atoms with Gasteiger partial charge in [0.15, 0.2) is 0 Å². The third-order valence-electron chi connectivity index (χ3n) is 10.5. The Labute approximate surface area is 289 Å². The first kappa shape index (κ1) is 35.0. The van der Waals surface area contributed by atoms with Crippen LogP contribution in [0.5, 0.6) is 11.5 Å². The van der Waals surface area contributed by atoms with Gasteiger partial charge in [0, 0.05) is 30.2 Å². The number of hydrogen-bond donors (Lipinski definition) is 1. The van der Waals surface area contributed by atoms with E-state index in [1.807, 2.05) is 24.3 Å². The van der Waals surface area contributed by atoms with Gasteiger partial charge in [0.1, 0.15) is 17.1 Å². The van der Waals surface area contributed by atoms with Crippen LogP contribution in [0.15, 0.2) is 53.4 Å². The van der Waals surface area contributed by atoms with Gasteiger partial charge in [-0.2, -0.15) is 0 Å². The van der Waals surface area contributed by atoms with Gasteiger partial charge in [-0.05, 0) is 88.4 Å². The Hall–Kier alpha value is -2.83. The number of carbonyl (C=O) groups is 1. The molecule has 1 aliphatic carbocycles. The van der Waals surface area contributed by atoms with Crippen LogP contribution >= 0.6 is 11.6 Å². The van der Waals surface area contributed by atoms with E-state index in [1.165, 1.54) is 6.07 Å². The van der Waals surface area contributed by atoms with E-state index in [1.54, 1.807) is 26.0 Å². The molecular formula is C36H48ClN3O7S. The number of carbonyl (C=O) groups excluding carboxylic acids is 1. The lowest BCUT2D eigenvalue weighted by Gasteiger charge is -2.46. The lowest BCUT2D eigenvalue weighted by molar-refractivity contribution is -0.139. The molecule has 0 saturated heterocycles. The molecule has 10 nitrogen and oxygen atoms in total. The van der Waals surface area contributed by atoms with E-state index in [-0.39, 0.29) is 23.5 Å². The van der Waals surface area contributed by atoms with E-state index in [0.717, 1.165) is 50.2 Å². The zero-order chi connectivity index (χ0) is 34.1. The van der Waals surface area contributed by atoms with Crippen molar-refractivity contribution in [3.05, 3.63) is 59.1 Å². The Balaban J connectivity index is 1.39. The predicted molar refractivity (Wildman–Crippen MR) is 186 cm³/mol. The maximum Gasteiger partial charge on any atom is 0.265 e. The zero-order valence-electron chi connectivity index (χ0n) is 28.4. The number of anilines is 1. The first-order chi connectivity index (χ1) is 22.9. The van der Waals surface area contributed by atoms with Crippen LogP contribution in [-0.4, -0.2) is 90.1 Å². The second-order valence-corrected chi connectivity index (χ2v) is 16.0. The number of fused-ring (bicyclic) bond motifs is 4. The largest absolute Gasteiger partial charge is 0.493 e. The molecule has 2 bridgehead atoms. The van der Waals surface area contributed by atoms with Gasteiger partial charge in [-0.1, -0.05) is 43.7 Å². The van der Waals surface area contributed by atoms with Gasteiger partial charge in [0.05, 0.1) is 48.5 Å². The summed E-state index contributed by atoms with van der Waals surface area (Å²) in [7, 11) is -4.21. The molecule has 1 saturated carbocycles. The number of nitrogens with one attached hydrogen (secondary N) is 1. The van der Waals surface area contributed by atoms with Crippen LogP contribution in [0.2, 0.25) is 5.02 Å². The van der Waals surface area contributed by atoms with Gasteiger partial charge in [-0.3, -0.25) is 4.79 Å². The molecule has 4 aliphatic rings. The summed E-state index contributed by atoms with van der Waals surface area (Å²) in [5.74, 6) is 1.17. The number of likely N-dealkylation sites (N-methyl/N-ethyl adjacent to an activating group) is 1. The van der Waals surface area contributed by atoms with Crippen molar-refractivity contribution in [2.45, 2.75) is 69.0 Å². The zero-order valence-corrected chi connectivity index (χ0v) is 29.9. The summed E-state index contributed by atoms with van der Waals surface area (Å²) >= 11 is 6.37. The van der Waals surface area contributed by atoms with E-state index in [9.17, 15) is 13.2 Å². The first-order valence-electron chi connectivity index (χ1n) is 17.1. The summed E-state index contributed by atoms with van der Waals surface area (Å²) in [5, 5.41) is 0.608. The SMILES string of the molecule is CCN(CC)CCO[C@H]1C=CCOC(C)(C)C(=O)NS(=O)(=O)c2ccc3c(c2)N(C[C@@H]2CC[C@H]21)C[C@@]1(CCOc2cc(Cl)ccc21)CO3. The van der Waals surface area contributed by atoms with E-state index in [0.29, 0.717) is 55.3 Å². The highest BCUT2D eigenvalue weighted by Gasteiger charge is 2.45. The number of amides is 1. The molecule has 4 atom stereocenters. The minimum absolute atomic E-state index is 0.0103. The lowest BCUT2D eigenvalue weighted by atomic mass is 9.69. The van der Waals surface area contributed by atoms with Crippen molar-refractivity contribution < 1.29 is 32.2 Å². The fourth-order valence-electron chi connectivity index (χ4n) is 7.30. The van der Waals surface area contributed by atoms with Gasteiger partial charge in [0.25, 0.3) is 15.9 Å². The molecule has 0 aromatic heterocycles. The quantitative estimate of drug-likeness (QED) is 0.408. The Bertz CT molecular complexity index is 1630. The molecule has 2 aromatic carbocycles. The van der Waals surface area contributed by atoms with Crippen LogP contribution in [0.25, 0.3) is 0 Å². The third kappa shape index (κ3) is 7.21. The van der Waals surface area contributed by atoms with Crippen molar-refractivity contribution in [2.75, 3.05) is 64.1 Å². The Morgan fingerprint density at radius 2 is 1.90 bits per heavy atom. The normalized spacial score (nSPS) is 27.9. The average molecular weight is 702 g/mol. The maximum atomic E-state index is 13.6. The second-order valence-electron chi connectivity index (χ2n) is 13.9. The van der Waals surface area contributed by atoms with Crippen LogP contribution in [0, 0.1) is 11.8 Å². The Morgan fingerprint density at radius 1 is 1.08 bits per heavy atom. The summed E-state index contributed by atoms with van der Waals surface area (Å²) < 4.78 is 54.6. The minimum atomic E-state index is -4.21. The number of sulfonamides is 1. The van der Waals surface area contributed by atoms with Gasteiger partial charge < -0.3 is 28.7 Å². The van der Waals surface area contributed by atoms with Gasteiger partial charge in [-0.25, -0.2) is 13.1 Å². The fourth-order valence-corrected chi connectivity index (χ4v) is 8.58. The topological polar surface area (TPSA) is 107 Å². The highest BCUT2D eigenvalue weighted by Crippen LogP contribution is 2.47. The molecule has 3 aliphatic heterocycles. The standard InChI is InChI=1S/C36H48ClN3O7S/c1-5-39(6-2)16-19-45-31-8-7-17-47-35(3,4)34(41)38-48(42,43)27-11-14-32-30(21-27)40(22-25-9-12-28(25)31)23-36(24-46-32)15-18-44-33-20-26(37)10-13-29(33)36/h7-8,10-11,13-14,20-21,25,28,31H,5-6,9,12,15-19,22-24H2,1-4H3,(H,38,41)/t25-,28+,31-,36-/m0/s1. The number of benzene rings is 2. The highest BCUT2D eigenvalue weighted by atomic mass is 35.5. The van der Waals surface area contributed by atoms with E-state index in [2.05, 4.69) is 34.4 Å². The Morgan fingerprint density at radius 3 is 2.65 bits per heavy atom. The summed E-state index contributed by atoms with van der Waals surface area (Å²) in [5.41, 5.74) is -0.0805. The smallest absolute Gasteiger partial charge is 0.265 e. The summed E-state index contributed by atoms with van der Waals surface area (Å²) in [6.07, 6.45) is 6.62. The van der Waals surface area contributed by atoms with Gasteiger partial charge in [0.2, 0.25) is 0 Å².